The molecule has 0 radical (unpaired) electrons. The molecule has 0 atom stereocenters. The molecular formula is C13H26N2O3S. The van der Waals surface area contributed by atoms with E-state index in [1.165, 1.54) is 0 Å². The van der Waals surface area contributed by atoms with Crippen LogP contribution in [0.25, 0.3) is 0 Å². The van der Waals surface area contributed by atoms with Gasteiger partial charge in [0.25, 0.3) is 10.2 Å². The smallest absolute Gasteiger partial charge is 0.282 e. The first-order valence-electron chi connectivity index (χ1n) is 7.33. The monoisotopic (exact) mass is 290 g/mol. The number of hydrogen-bond acceptors (Lipinski definition) is 3. The van der Waals surface area contributed by atoms with Gasteiger partial charge < -0.3 is 5.11 Å². The van der Waals surface area contributed by atoms with Crippen molar-refractivity contribution < 1.29 is 13.5 Å². The zero-order valence-electron chi connectivity index (χ0n) is 12.0. The molecule has 0 spiro atoms. The fourth-order valence-corrected chi connectivity index (χ4v) is 4.67. The molecule has 6 heteroatoms. The average Bonchev–Trinajstić information content (AvgIpc) is 3.20. The molecule has 0 aromatic carbocycles. The van der Waals surface area contributed by atoms with Crippen molar-refractivity contribution >= 4 is 10.2 Å². The van der Waals surface area contributed by atoms with Gasteiger partial charge >= 0.3 is 0 Å². The summed E-state index contributed by atoms with van der Waals surface area (Å²) in [5.41, 5.74) is 0. The highest BCUT2D eigenvalue weighted by Gasteiger charge is 2.41. The lowest BCUT2D eigenvalue weighted by Crippen LogP contribution is -2.49. The second kappa shape index (κ2) is 6.08. The van der Waals surface area contributed by atoms with Crippen molar-refractivity contribution in [3.63, 3.8) is 0 Å². The quantitative estimate of drug-likeness (QED) is 0.795. The normalized spacial score (nSPS) is 23.4. The largest absolute Gasteiger partial charge is 0.396 e. The van der Waals surface area contributed by atoms with Crippen molar-refractivity contribution in [2.75, 3.05) is 26.2 Å². The summed E-state index contributed by atoms with van der Waals surface area (Å²) in [4.78, 5) is 0. The molecule has 0 unspecified atom stereocenters. The zero-order chi connectivity index (χ0) is 14.0. The average molecular weight is 290 g/mol. The molecular weight excluding hydrogens is 264 g/mol. The van der Waals surface area contributed by atoms with Gasteiger partial charge in [0.05, 0.1) is 0 Å². The second-order valence-corrected chi connectivity index (χ2v) is 8.11. The summed E-state index contributed by atoms with van der Waals surface area (Å²) in [7, 11) is -3.30. The van der Waals surface area contributed by atoms with Crippen molar-refractivity contribution in [3.05, 3.63) is 0 Å². The van der Waals surface area contributed by atoms with Crippen LogP contribution >= 0.6 is 0 Å². The first kappa shape index (κ1) is 15.2. The molecule has 2 fully saturated rings. The lowest BCUT2D eigenvalue weighted by molar-refractivity contribution is 0.165. The predicted octanol–water partition coefficient (Wildman–Crippen LogP) is 1.06. The molecule has 2 aliphatic rings. The fourth-order valence-electron chi connectivity index (χ4n) is 2.62. The third-order valence-corrected chi connectivity index (χ3v) is 6.01. The third kappa shape index (κ3) is 3.68. The Morgan fingerprint density at radius 1 is 1.21 bits per heavy atom. The van der Waals surface area contributed by atoms with Crippen LogP contribution in [0.15, 0.2) is 0 Å². The van der Waals surface area contributed by atoms with Crippen LogP contribution in [-0.2, 0) is 10.2 Å². The van der Waals surface area contributed by atoms with Gasteiger partial charge in [-0.2, -0.15) is 17.0 Å². The Hall–Kier alpha value is -0.170. The highest BCUT2D eigenvalue weighted by Crippen LogP contribution is 2.32. The molecule has 112 valence electrons. The van der Waals surface area contributed by atoms with E-state index < -0.39 is 10.2 Å². The number of rotatable bonds is 6. The minimum absolute atomic E-state index is 0.173. The van der Waals surface area contributed by atoms with Gasteiger partial charge in [0.2, 0.25) is 0 Å². The van der Waals surface area contributed by atoms with E-state index in [1.807, 2.05) is 0 Å². The molecule has 1 heterocycles. The van der Waals surface area contributed by atoms with Crippen molar-refractivity contribution in [3.8, 4) is 0 Å². The molecule has 2 rings (SSSR count). The number of hydrogen-bond donors (Lipinski definition) is 1. The standard InChI is InChI=1S/C13H26N2O3S/c1-11(2)9-15(13-3-4-13)19(17,18)14-7-5-12(10-16)6-8-14/h11-13,16H,3-10H2,1-2H3. The topological polar surface area (TPSA) is 60.9 Å². The molecule has 1 aliphatic heterocycles. The van der Waals surface area contributed by atoms with Gasteiger partial charge in [-0.15, -0.1) is 0 Å². The molecule has 1 N–H and O–H groups in total. The summed E-state index contributed by atoms with van der Waals surface area (Å²) in [6.07, 6.45) is 3.55. The van der Waals surface area contributed by atoms with Gasteiger partial charge in [0.1, 0.15) is 0 Å². The van der Waals surface area contributed by atoms with Gasteiger partial charge in [-0.3, -0.25) is 0 Å². The lowest BCUT2D eigenvalue weighted by Gasteiger charge is -2.35. The van der Waals surface area contributed by atoms with Crippen LogP contribution in [0.3, 0.4) is 0 Å². The summed E-state index contributed by atoms with van der Waals surface area (Å²) in [6, 6.07) is 0.225. The molecule has 0 amide bonds. The van der Waals surface area contributed by atoms with Crippen molar-refractivity contribution in [2.45, 2.75) is 45.6 Å². The molecule has 0 aromatic rings. The first-order chi connectivity index (χ1) is 8.95. The Morgan fingerprint density at radius 2 is 1.79 bits per heavy atom. The van der Waals surface area contributed by atoms with E-state index in [0.717, 1.165) is 25.7 Å². The van der Waals surface area contributed by atoms with Crippen molar-refractivity contribution in [1.82, 2.24) is 8.61 Å². The maximum absolute atomic E-state index is 12.7. The van der Waals surface area contributed by atoms with E-state index >= 15 is 0 Å². The molecule has 1 saturated heterocycles. The predicted molar refractivity (Wildman–Crippen MR) is 74.9 cm³/mol. The molecule has 19 heavy (non-hydrogen) atoms. The summed E-state index contributed by atoms with van der Waals surface area (Å²) < 4.78 is 28.7. The van der Waals surface area contributed by atoms with Crippen LogP contribution in [0.2, 0.25) is 0 Å². The van der Waals surface area contributed by atoms with Crippen LogP contribution < -0.4 is 0 Å². The van der Waals surface area contributed by atoms with Gasteiger partial charge in [-0.05, 0) is 37.5 Å². The Labute approximate surface area is 116 Å². The van der Waals surface area contributed by atoms with Crippen LogP contribution in [0.5, 0.6) is 0 Å². The first-order valence-corrected chi connectivity index (χ1v) is 8.72. The third-order valence-electron chi connectivity index (χ3n) is 3.95. The summed E-state index contributed by atoms with van der Waals surface area (Å²) >= 11 is 0. The number of aliphatic hydroxyl groups is 1. The van der Waals surface area contributed by atoms with Crippen LogP contribution in [0.4, 0.5) is 0 Å². The Kier molecular flexibility index (Phi) is 4.87. The van der Waals surface area contributed by atoms with E-state index in [2.05, 4.69) is 13.8 Å². The van der Waals surface area contributed by atoms with Crippen LogP contribution in [-0.4, -0.2) is 54.4 Å². The number of nitrogens with zero attached hydrogens (tertiary/aromatic N) is 2. The molecule has 1 saturated carbocycles. The maximum atomic E-state index is 12.7. The van der Waals surface area contributed by atoms with Gasteiger partial charge in [0, 0.05) is 32.3 Å². The minimum atomic E-state index is -3.30. The fraction of sp³-hybridized carbons (Fsp3) is 1.00. The lowest BCUT2D eigenvalue weighted by atomic mass is 10.00. The summed E-state index contributed by atoms with van der Waals surface area (Å²) in [5.74, 6) is 0.622. The van der Waals surface area contributed by atoms with Gasteiger partial charge in [0.15, 0.2) is 0 Å². The molecule has 0 bridgehead atoms. The van der Waals surface area contributed by atoms with E-state index in [4.69, 9.17) is 5.11 Å². The molecule has 5 nitrogen and oxygen atoms in total. The van der Waals surface area contributed by atoms with Crippen LogP contribution in [0.1, 0.15) is 39.5 Å². The molecule has 1 aliphatic carbocycles. The van der Waals surface area contributed by atoms with Crippen molar-refractivity contribution in [1.29, 1.82) is 0 Å². The summed E-state index contributed by atoms with van der Waals surface area (Å²) in [5, 5.41) is 9.13. The van der Waals surface area contributed by atoms with Crippen LogP contribution in [0, 0.1) is 11.8 Å². The molecule has 0 aromatic heterocycles. The van der Waals surface area contributed by atoms with E-state index in [0.29, 0.717) is 25.6 Å². The Bertz CT molecular complexity index is 385. The Balaban J connectivity index is 2.03. The second-order valence-electron chi connectivity index (χ2n) is 6.23. The van der Waals surface area contributed by atoms with E-state index in [9.17, 15) is 8.42 Å². The number of piperidine rings is 1. The van der Waals surface area contributed by atoms with Crippen molar-refractivity contribution in [2.24, 2.45) is 11.8 Å². The highest BCUT2D eigenvalue weighted by atomic mass is 32.2. The van der Waals surface area contributed by atoms with Gasteiger partial charge in [-0.25, -0.2) is 0 Å². The highest BCUT2D eigenvalue weighted by molar-refractivity contribution is 7.86. The Morgan fingerprint density at radius 3 is 2.21 bits per heavy atom. The maximum Gasteiger partial charge on any atom is 0.282 e. The SMILES string of the molecule is CC(C)CN(C1CC1)S(=O)(=O)N1CCC(CO)CC1. The van der Waals surface area contributed by atoms with E-state index in [-0.39, 0.29) is 18.6 Å². The van der Waals surface area contributed by atoms with Gasteiger partial charge in [-0.1, -0.05) is 13.8 Å². The summed E-state index contributed by atoms with van der Waals surface area (Å²) in [6.45, 7) is 6.01. The van der Waals surface area contributed by atoms with E-state index in [1.54, 1.807) is 8.61 Å². The number of aliphatic hydroxyl groups excluding tert-OH is 1. The minimum Gasteiger partial charge on any atom is -0.396 e. The zero-order valence-corrected chi connectivity index (χ0v) is 12.8.